The SMILES string of the molecule is C[C@H](OC(=O)[C@H]1CC(=O)N([C@H](C)c2ccccc2)C1)c1nc2ccccc2c(=O)[nH]1. The lowest BCUT2D eigenvalue weighted by atomic mass is 10.1. The number of aromatic amines is 1. The van der Waals surface area contributed by atoms with E-state index in [4.69, 9.17) is 4.74 Å². The molecule has 0 unspecified atom stereocenters. The normalized spacial score (nSPS) is 18.4. The van der Waals surface area contributed by atoms with Gasteiger partial charge in [-0.2, -0.15) is 0 Å². The number of likely N-dealkylation sites (tertiary alicyclic amines) is 1. The van der Waals surface area contributed by atoms with Crippen LogP contribution in [0.3, 0.4) is 0 Å². The number of rotatable bonds is 5. The Labute approximate surface area is 173 Å². The molecule has 154 valence electrons. The molecule has 2 aromatic carbocycles. The molecule has 3 atom stereocenters. The van der Waals surface area contributed by atoms with E-state index in [9.17, 15) is 14.4 Å². The number of nitrogens with zero attached hydrogens (tertiary/aromatic N) is 2. The predicted molar refractivity (Wildman–Crippen MR) is 112 cm³/mol. The molecule has 7 nitrogen and oxygen atoms in total. The first-order valence-corrected chi connectivity index (χ1v) is 9.98. The van der Waals surface area contributed by atoms with Crippen molar-refractivity contribution in [1.82, 2.24) is 14.9 Å². The molecule has 1 aliphatic heterocycles. The third kappa shape index (κ3) is 3.83. The Balaban J connectivity index is 1.45. The van der Waals surface area contributed by atoms with Crippen molar-refractivity contribution in [3.8, 4) is 0 Å². The van der Waals surface area contributed by atoms with Crippen molar-refractivity contribution in [2.75, 3.05) is 6.54 Å². The fraction of sp³-hybridized carbons (Fsp3) is 0.304. The van der Waals surface area contributed by atoms with Crippen molar-refractivity contribution < 1.29 is 14.3 Å². The summed E-state index contributed by atoms with van der Waals surface area (Å²) in [6, 6.07) is 16.6. The highest BCUT2D eigenvalue weighted by atomic mass is 16.5. The van der Waals surface area contributed by atoms with E-state index < -0.39 is 18.0 Å². The highest BCUT2D eigenvalue weighted by Gasteiger charge is 2.38. The first kappa shape index (κ1) is 19.8. The average molecular weight is 405 g/mol. The molecule has 1 aromatic heterocycles. The number of benzene rings is 2. The molecule has 7 heteroatoms. The topological polar surface area (TPSA) is 92.4 Å². The second-order valence-corrected chi connectivity index (χ2v) is 7.58. The fourth-order valence-electron chi connectivity index (χ4n) is 3.80. The summed E-state index contributed by atoms with van der Waals surface area (Å²) in [6.07, 6.45) is -0.616. The van der Waals surface area contributed by atoms with Gasteiger partial charge in [0.15, 0.2) is 11.9 Å². The Bertz CT molecular complexity index is 1140. The molecule has 3 aromatic rings. The van der Waals surface area contributed by atoms with Crippen LogP contribution in [0.5, 0.6) is 0 Å². The molecule has 1 fully saturated rings. The van der Waals surface area contributed by atoms with Crippen molar-refractivity contribution >= 4 is 22.8 Å². The number of H-pyrrole nitrogens is 1. The van der Waals surface area contributed by atoms with E-state index >= 15 is 0 Å². The van der Waals surface area contributed by atoms with E-state index in [2.05, 4.69) is 9.97 Å². The summed E-state index contributed by atoms with van der Waals surface area (Å²) in [7, 11) is 0. The molecular weight excluding hydrogens is 382 g/mol. The van der Waals surface area contributed by atoms with Crippen molar-refractivity contribution in [2.45, 2.75) is 32.4 Å². The van der Waals surface area contributed by atoms with Crippen LogP contribution >= 0.6 is 0 Å². The lowest BCUT2D eigenvalue weighted by Crippen LogP contribution is -2.30. The zero-order valence-electron chi connectivity index (χ0n) is 16.9. The number of para-hydroxylation sites is 1. The molecule has 2 heterocycles. The molecular formula is C23H23N3O4. The Kier molecular flexibility index (Phi) is 5.35. The predicted octanol–water partition coefficient (Wildman–Crippen LogP) is 3.14. The Morgan fingerprint density at radius 2 is 1.80 bits per heavy atom. The van der Waals surface area contributed by atoms with Crippen LogP contribution in [-0.2, 0) is 14.3 Å². The molecule has 4 rings (SSSR count). The fourth-order valence-corrected chi connectivity index (χ4v) is 3.80. The summed E-state index contributed by atoms with van der Waals surface area (Å²) >= 11 is 0. The van der Waals surface area contributed by atoms with Crippen LogP contribution in [0.1, 0.15) is 43.8 Å². The Hall–Kier alpha value is -3.48. The maximum Gasteiger partial charge on any atom is 0.311 e. The minimum Gasteiger partial charge on any atom is -0.454 e. The zero-order valence-corrected chi connectivity index (χ0v) is 16.9. The van der Waals surface area contributed by atoms with E-state index in [0.717, 1.165) is 5.56 Å². The third-order valence-corrected chi connectivity index (χ3v) is 5.55. The monoisotopic (exact) mass is 405 g/mol. The van der Waals surface area contributed by atoms with E-state index in [1.807, 2.05) is 37.3 Å². The molecule has 1 saturated heterocycles. The van der Waals surface area contributed by atoms with Crippen LogP contribution in [0.2, 0.25) is 0 Å². The number of nitrogens with one attached hydrogen (secondary N) is 1. The van der Waals surface area contributed by atoms with Crippen molar-refractivity contribution in [3.05, 3.63) is 76.3 Å². The lowest BCUT2D eigenvalue weighted by molar-refractivity contribution is -0.153. The van der Waals surface area contributed by atoms with Crippen molar-refractivity contribution in [1.29, 1.82) is 0 Å². The number of carbonyl (C=O) groups excluding carboxylic acids is 2. The number of ether oxygens (including phenoxy) is 1. The molecule has 1 N–H and O–H groups in total. The van der Waals surface area contributed by atoms with Crippen LogP contribution in [0.4, 0.5) is 0 Å². The van der Waals surface area contributed by atoms with Crippen LogP contribution in [-0.4, -0.2) is 33.3 Å². The molecule has 0 bridgehead atoms. The van der Waals surface area contributed by atoms with E-state index in [-0.39, 0.29) is 29.8 Å². The summed E-state index contributed by atoms with van der Waals surface area (Å²) in [5.41, 5.74) is 1.28. The zero-order chi connectivity index (χ0) is 21.3. The Morgan fingerprint density at radius 3 is 2.57 bits per heavy atom. The summed E-state index contributed by atoms with van der Waals surface area (Å²) in [5.74, 6) is -0.795. The van der Waals surface area contributed by atoms with Crippen molar-refractivity contribution in [3.63, 3.8) is 0 Å². The molecule has 0 saturated carbocycles. The number of esters is 1. The first-order valence-electron chi connectivity index (χ1n) is 9.98. The molecule has 1 aliphatic rings. The Morgan fingerprint density at radius 1 is 1.10 bits per heavy atom. The molecule has 1 amide bonds. The van der Waals surface area contributed by atoms with Gasteiger partial charge in [-0.15, -0.1) is 0 Å². The second-order valence-electron chi connectivity index (χ2n) is 7.58. The smallest absolute Gasteiger partial charge is 0.311 e. The summed E-state index contributed by atoms with van der Waals surface area (Å²) in [6.45, 7) is 3.92. The van der Waals surface area contributed by atoms with Crippen LogP contribution in [0.15, 0.2) is 59.4 Å². The highest BCUT2D eigenvalue weighted by Crippen LogP contribution is 2.30. The number of hydrogen-bond donors (Lipinski definition) is 1. The van der Waals surface area contributed by atoms with Crippen LogP contribution in [0.25, 0.3) is 10.9 Å². The first-order chi connectivity index (χ1) is 14.4. The van der Waals surface area contributed by atoms with Gasteiger partial charge < -0.3 is 14.6 Å². The van der Waals surface area contributed by atoms with Gasteiger partial charge in [-0.05, 0) is 31.5 Å². The van der Waals surface area contributed by atoms with Gasteiger partial charge in [-0.25, -0.2) is 4.98 Å². The standard InChI is InChI=1S/C23H23N3O4/c1-14(16-8-4-3-5-9-16)26-13-17(12-20(26)27)23(29)30-15(2)21-24-19-11-7-6-10-18(19)22(28)25-21/h3-11,14-15,17H,12-13H2,1-2H3,(H,24,25,28)/t14-,15+,17+/m1/s1. The van der Waals surface area contributed by atoms with Crippen LogP contribution < -0.4 is 5.56 Å². The minimum absolute atomic E-state index is 0.0711. The van der Waals surface area contributed by atoms with Gasteiger partial charge in [-0.1, -0.05) is 42.5 Å². The number of aromatic nitrogens is 2. The van der Waals surface area contributed by atoms with Gasteiger partial charge in [0.2, 0.25) is 5.91 Å². The van der Waals surface area contributed by atoms with Gasteiger partial charge in [0.25, 0.3) is 5.56 Å². The lowest BCUT2D eigenvalue weighted by Gasteiger charge is -2.25. The minimum atomic E-state index is -0.731. The molecule has 0 radical (unpaired) electrons. The number of hydrogen-bond acceptors (Lipinski definition) is 5. The van der Waals surface area contributed by atoms with E-state index in [0.29, 0.717) is 17.4 Å². The number of fused-ring (bicyclic) bond motifs is 1. The third-order valence-electron chi connectivity index (χ3n) is 5.55. The molecule has 0 aliphatic carbocycles. The number of amides is 1. The van der Waals surface area contributed by atoms with Crippen molar-refractivity contribution in [2.24, 2.45) is 5.92 Å². The van der Waals surface area contributed by atoms with Gasteiger partial charge in [-0.3, -0.25) is 14.4 Å². The summed E-state index contributed by atoms with van der Waals surface area (Å²) < 4.78 is 5.56. The largest absolute Gasteiger partial charge is 0.454 e. The molecule has 0 spiro atoms. The summed E-state index contributed by atoms with van der Waals surface area (Å²) in [4.78, 5) is 46.3. The average Bonchev–Trinajstić information content (AvgIpc) is 3.15. The quantitative estimate of drug-likeness (QED) is 0.659. The second kappa shape index (κ2) is 8.10. The van der Waals surface area contributed by atoms with Crippen LogP contribution in [0, 0.1) is 5.92 Å². The maximum absolute atomic E-state index is 12.7. The van der Waals surface area contributed by atoms with Gasteiger partial charge >= 0.3 is 5.97 Å². The molecule has 30 heavy (non-hydrogen) atoms. The van der Waals surface area contributed by atoms with Gasteiger partial charge in [0, 0.05) is 13.0 Å². The number of carbonyl (C=O) groups is 2. The van der Waals surface area contributed by atoms with Gasteiger partial charge in [0.05, 0.1) is 22.9 Å². The maximum atomic E-state index is 12.7. The van der Waals surface area contributed by atoms with E-state index in [1.54, 1.807) is 36.1 Å². The summed E-state index contributed by atoms with van der Waals surface area (Å²) in [5, 5.41) is 0.478. The highest BCUT2D eigenvalue weighted by molar-refractivity contribution is 5.87. The van der Waals surface area contributed by atoms with Gasteiger partial charge in [0.1, 0.15) is 0 Å². The van der Waals surface area contributed by atoms with E-state index in [1.165, 1.54) is 0 Å².